The van der Waals surface area contributed by atoms with Crippen LogP contribution in [0.3, 0.4) is 0 Å². The van der Waals surface area contributed by atoms with E-state index in [9.17, 15) is 18.8 Å². The number of aromatic nitrogens is 4. The van der Waals surface area contributed by atoms with Crippen LogP contribution in [-0.4, -0.2) is 30.7 Å². The number of amides is 1. The van der Waals surface area contributed by atoms with E-state index >= 15 is 0 Å². The molecule has 3 aromatic rings. The van der Waals surface area contributed by atoms with Gasteiger partial charge in [-0.1, -0.05) is 23.9 Å². The first-order chi connectivity index (χ1) is 15.4. The van der Waals surface area contributed by atoms with Crippen LogP contribution in [0.2, 0.25) is 0 Å². The highest BCUT2D eigenvalue weighted by molar-refractivity contribution is 8.00. The quantitative estimate of drug-likeness (QED) is 0.419. The molecule has 8 nitrogen and oxygen atoms in total. The number of hydrogen-bond donors (Lipinski definition) is 2. The number of rotatable bonds is 7. The van der Waals surface area contributed by atoms with E-state index < -0.39 is 16.5 Å². The van der Waals surface area contributed by atoms with Crippen LogP contribution < -0.4 is 16.6 Å². The summed E-state index contributed by atoms with van der Waals surface area (Å²) in [5.41, 5.74) is 0.155. The Morgan fingerprint density at radius 1 is 1.22 bits per heavy atom. The zero-order chi connectivity index (χ0) is 22.4. The molecule has 1 amide bonds. The van der Waals surface area contributed by atoms with E-state index in [0.29, 0.717) is 16.5 Å². The summed E-state index contributed by atoms with van der Waals surface area (Å²) >= 11 is 1.18. The van der Waals surface area contributed by atoms with E-state index in [1.165, 1.54) is 23.9 Å². The lowest BCUT2D eigenvalue weighted by molar-refractivity contribution is -0.120. The minimum absolute atomic E-state index is 0.0399. The van der Waals surface area contributed by atoms with Crippen LogP contribution in [0.1, 0.15) is 56.0 Å². The summed E-state index contributed by atoms with van der Waals surface area (Å²) in [5, 5.41) is 2.96. The number of thioether (sulfide) groups is 1. The second-order valence-corrected chi connectivity index (χ2v) is 9.65. The van der Waals surface area contributed by atoms with Crippen molar-refractivity contribution in [1.82, 2.24) is 24.8 Å². The van der Waals surface area contributed by atoms with E-state index in [0.717, 1.165) is 31.2 Å². The second kappa shape index (κ2) is 8.16. The number of carbonyl (C=O) groups is 1. The summed E-state index contributed by atoms with van der Waals surface area (Å²) in [6.45, 7) is 2.00. The molecule has 0 saturated heterocycles. The maximum absolute atomic E-state index is 13.1. The Morgan fingerprint density at radius 3 is 2.59 bits per heavy atom. The average Bonchev–Trinajstić information content (AvgIpc) is 3.66. The predicted molar refractivity (Wildman–Crippen MR) is 118 cm³/mol. The molecule has 0 bridgehead atoms. The van der Waals surface area contributed by atoms with Crippen LogP contribution in [-0.2, 0) is 11.3 Å². The molecule has 1 atom stereocenters. The zero-order valence-electron chi connectivity index (χ0n) is 17.4. The van der Waals surface area contributed by atoms with Gasteiger partial charge in [-0.2, -0.15) is 0 Å². The molecular formula is C22H22FN5O3S. The number of aromatic amines is 1. The molecule has 2 aliphatic carbocycles. The maximum Gasteiger partial charge on any atom is 0.330 e. The molecule has 5 rings (SSSR count). The van der Waals surface area contributed by atoms with Gasteiger partial charge in [0.2, 0.25) is 5.91 Å². The van der Waals surface area contributed by atoms with Gasteiger partial charge in [0.1, 0.15) is 22.1 Å². The topological polar surface area (TPSA) is 110 Å². The zero-order valence-corrected chi connectivity index (χ0v) is 18.2. The van der Waals surface area contributed by atoms with Gasteiger partial charge in [0, 0.05) is 18.5 Å². The number of benzene rings is 1. The number of halogens is 1. The largest absolute Gasteiger partial charge is 0.351 e. The summed E-state index contributed by atoms with van der Waals surface area (Å²) in [4.78, 5) is 49.5. The van der Waals surface area contributed by atoms with Gasteiger partial charge in [-0.25, -0.2) is 19.2 Å². The van der Waals surface area contributed by atoms with Crippen LogP contribution >= 0.6 is 11.8 Å². The van der Waals surface area contributed by atoms with Crippen LogP contribution in [0, 0.1) is 5.82 Å². The number of nitrogens with one attached hydrogen (secondary N) is 2. The molecule has 2 saturated carbocycles. The number of carbonyl (C=O) groups excluding carboxylic acids is 1. The lowest BCUT2D eigenvalue weighted by atomic mass is 10.2. The predicted octanol–water partition coefficient (Wildman–Crippen LogP) is 2.63. The monoisotopic (exact) mass is 455 g/mol. The normalized spacial score (nSPS) is 16.8. The fraction of sp³-hybridized carbons (Fsp3) is 0.409. The number of hydrogen-bond acceptors (Lipinski definition) is 6. The highest BCUT2D eigenvalue weighted by Gasteiger charge is 2.32. The number of nitrogens with zero attached hydrogens (tertiary/aromatic N) is 3. The molecule has 2 aliphatic rings. The Balaban J connectivity index is 1.44. The van der Waals surface area contributed by atoms with Crippen molar-refractivity contribution in [3.8, 4) is 0 Å². The van der Waals surface area contributed by atoms with Gasteiger partial charge in [0.15, 0.2) is 5.65 Å². The van der Waals surface area contributed by atoms with Crippen molar-refractivity contribution in [1.29, 1.82) is 0 Å². The van der Waals surface area contributed by atoms with Crippen molar-refractivity contribution in [2.45, 2.75) is 61.4 Å². The first-order valence-electron chi connectivity index (χ1n) is 10.7. The number of H-pyrrole nitrogens is 1. The van der Waals surface area contributed by atoms with Crippen molar-refractivity contribution >= 4 is 28.7 Å². The molecule has 0 spiro atoms. The van der Waals surface area contributed by atoms with Crippen LogP contribution in [0.25, 0.3) is 11.0 Å². The Labute approximate surface area is 186 Å². The second-order valence-electron chi connectivity index (χ2n) is 8.32. The van der Waals surface area contributed by atoms with E-state index in [1.54, 1.807) is 23.6 Å². The van der Waals surface area contributed by atoms with E-state index in [1.807, 2.05) is 0 Å². The van der Waals surface area contributed by atoms with Gasteiger partial charge in [-0.05, 0) is 50.3 Å². The first-order valence-corrected chi connectivity index (χ1v) is 11.5. The standard InChI is InChI=1S/C22H22FN5O3S/c1-11(19(29)24-10-12-2-6-14(23)7-3-12)32-21-16-18(25-17(26-21)13-4-5-13)28(15-8-9-15)22(31)27-20(16)30/h2-3,6-7,11,13,15H,4-5,8-10H2,1H3,(H,24,29)(H,27,30,31). The van der Waals surface area contributed by atoms with Gasteiger partial charge in [-0.15, -0.1) is 0 Å². The van der Waals surface area contributed by atoms with Gasteiger partial charge in [0.25, 0.3) is 5.56 Å². The molecule has 2 aromatic heterocycles. The lowest BCUT2D eigenvalue weighted by Gasteiger charge is -2.15. The third-order valence-electron chi connectivity index (χ3n) is 5.66. The molecule has 2 N–H and O–H groups in total. The fourth-order valence-corrected chi connectivity index (χ4v) is 4.54. The van der Waals surface area contributed by atoms with Gasteiger partial charge < -0.3 is 5.32 Å². The minimum Gasteiger partial charge on any atom is -0.351 e. The number of fused-ring (bicyclic) bond motifs is 1. The summed E-state index contributed by atoms with van der Waals surface area (Å²) in [5.74, 6) is 0.286. The Kier molecular flexibility index (Phi) is 5.32. The van der Waals surface area contributed by atoms with Crippen molar-refractivity contribution in [3.63, 3.8) is 0 Å². The fourth-order valence-electron chi connectivity index (χ4n) is 3.57. The van der Waals surface area contributed by atoms with Crippen molar-refractivity contribution < 1.29 is 9.18 Å². The molecule has 32 heavy (non-hydrogen) atoms. The Morgan fingerprint density at radius 2 is 1.94 bits per heavy atom. The van der Waals surface area contributed by atoms with Crippen LogP contribution in [0.4, 0.5) is 4.39 Å². The third kappa shape index (κ3) is 4.19. The molecular weight excluding hydrogens is 433 g/mol. The molecule has 1 unspecified atom stereocenters. The molecule has 166 valence electrons. The lowest BCUT2D eigenvalue weighted by Crippen LogP contribution is -2.32. The molecule has 2 heterocycles. The summed E-state index contributed by atoms with van der Waals surface area (Å²) in [6, 6.07) is 5.96. The molecule has 1 aromatic carbocycles. The van der Waals surface area contributed by atoms with Crippen molar-refractivity contribution in [2.24, 2.45) is 0 Å². The van der Waals surface area contributed by atoms with Crippen molar-refractivity contribution in [2.75, 3.05) is 0 Å². The van der Waals surface area contributed by atoms with E-state index in [2.05, 4.69) is 20.3 Å². The van der Waals surface area contributed by atoms with Crippen LogP contribution in [0.15, 0.2) is 38.9 Å². The van der Waals surface area contributed by atoms with E-state index in [-0.39, 0.29) is 35.6 Å². The third-order valence-corrected chi connectivity index (χ3v) is 6.75. The SMILES string of the molecule is CC(Sc1nc(C2CC2)nc2c1c(=O)[nH]c(=O)n2C1CC1)C(=O)NCc1ccc(F)cc1. The highest BCUT2D eigenvalue weighted by Crippen LogP contribution is 2.41. The van der Waals surface area contributed by atoms with Crippen molar-refractivity contribution in [3.05, 3.63) is 62.3 Å². The summed E-state index contributed by atoms with van der Waals surface area (Å²) in [7, 11) is 0. The Hall–Kier alpha value is -3.01. The van der Waals surface area contributed by atoms with Crippen LogP contribution in [0.5, 0.6) is 0 Å². The van der Waals surface area contributed by atoms with Gasteiger partial charge >= 0.3 is 5.69 Å². The van der Waals surface area contributed by atoms with Gasteiger partial charge in [-0.3, -0.25) is 19.1 Å². The van der Waals surface area contributed by atoms with E-state index in [4.69, 9.17) is 0 Å². The smallest absolute Gasteiger partial charge is 0.330 e. The molecule has 2 fully saturated rings. The molecule has 0 radical (unpaired) electrons. The summed E-state index contributed by atoms with van der Waals surface area (Å²) in [6.07, 6.45) is 3.68. The van der Waals surface area contributed by atoms with Gasteiger partial charge in [0.05, 0.1) is 5.25 Å². The molecule has 0 aliphatic heterocycles. The summed E-state index contributed by atoms with van der Waals surface area (Å²) < 4.78 is 14.6. The molecule has 10 heteroatoms. The minimum atomic E-state index is -0.540. The Bertz CT molecular complexity index is 1310. The highest BCUT2D eigenvalue weighted by atomic mass is 32.2. The first kappa shape index (κ1) is 20.9. The average molecular weight is 456 g/mol. The maximum atomic E-state index is 13.1.